The molecular weight excluding hydrogens is 340 g/mol. The number of rotatable bonds is 4. The Morgan fingerprint density at radius 1 is 1.37 bits per heavy atom. The quantitative estimate of drug-likeness (QED) is 0.719. The first-order valence-electron chi connectivity index (χ1n) is 9.06. The first-order valence-corrected chi connectivity index (χ1v) is 9.06. The number of hydrogen-bond acceptors (Lipinski definition) is 5. The van der Waals surface area contributed by atoms with E-state index in [1.165, 1.54) is 6.08 Å². The largest absolute Gasteiger partial charge is 0.366 e. The van der Waals surface area contributed by atoms with Gasteiger partial charge in [0.15, 0.2) is 5.65 Å². The van der Waals surface area contributed by atoms with Gasteiger partial charge in [-0.2, -0.15) is 0 Å². The Morgan fingerprint density at radius 2 is 2.26 bits per heavy atom. The number of piperidine rings is 1. The lowest BCUT2D eigenvalue weighted by Gasteiger charge is -2.31. The smallest absolute Gasteiger partial charge is 0.241 e. The summed E-state index contributed by atoms with van der Waals surface area (Å²) in [6.45, 7) is 2.07. The number of hydrogen-bond donors (Lipinski definition) is 1. The lowest BCUT2D eigenvalue weighted by Crippen LogP contribution is -2.33. The van der Waals surface area contributed by atoms with Crippen LogP contribution >= 0.6 is 0 Å². The molecular formula is C20H22N6O. The van der Waals surface area contributed by atoms with Crippen LogP contribution in [-0.4, -0.2) is 50.5 Å². The lowest BCUT2D eigenvalue weighted by molar-refractivity contribution is -0.113. The van der Waals surface area contributed by atoms with Gasteiger partial charge in [-0.3, -0.25) is 9.78 Å². The summed E-state index contributed by atoms with van der Waals surface area (Å²) in [5, 5.41) is 0. The number of nitrogens with zero attached hydrogens (tertiary/aromatic N) is 5. The lowest BCUT2D eigenvalue weighted by atomic mass is 10.1. The Kier molecular flexibility index (Phi) is 4.68. The molecule has 0 saturated carbocycles. The second-order valence-corrected chi connectivity index (χ2v) is 6.95. The topological polar surface area (TPSA) is 89.9 Å². The number of likely N-dealkylation sites (N-methyl/N-ethyl adjacent to an activating group) is 1. The summed E-state index contributed by atoms with van der Waals surface area (Å²) < 4.78 is 2.24. The van der Waals surface area contributed by atoms with Gasteiger partial charge in [-0.15, -0.1) is 0 Å². The van der Waals surface area contributed by atoms with Gasteiger partial charge in [0.25, 0.3) is 0 Å². The van der Waals surface area contributed by atoms with Crippen molar-refractivity contribution in [3.63, 3.8) is 0 Å². The molecule has 0 bridgehead atoms. The van der Waals surface area contributed by atoms with Crippen molar-refractivity contribution in [1.82, 2.24) is 24.4 Å². The highest BCUT2D eigenvalue weighted by molar-refractivity contribution is 5.90. The van der Waals surface area contributed by atoms with Gasteiger partial charge in [0.05, 0.1) is 0 Å². The third-order valence-electron chi connectivity index (χ3n) is 4.87. The summed E-state index contributed by atoms with van der Waals surface area (Å²) in [5.74, 6) is 0.368. The Hall–Kier alpha value is -3.06. The highest BCUT2D eigenvalue weighted by Gasteiger charge is 2.25. The van der Waals surface area contributed by atoms with Gasteiger partial charge in [-0.25, -0.2) is 9.97 Å². The minimum Gasteiger partial charge on any atom is -0.366 e. The standard InChI is InChI=1S/C20H22N6O/c1-25-9-3-4-16(13-25)26-19(24-17-5-2-8-23-20(17)26)15-10-14(11-22-12-15)6-7-18(21)27/h2,5-8,10-12,16H,3-4,9,13H2,1H3,(H2,21,27)/b7-6+. The van der Waals surface area contributed by atoms with Crippen LogP contribution in [0.2, 0.25) is 0 Å². The Balaban J connectivity index is 1.83. The van der Waals surface area contributed by atoms with E-state index < -0.39 is 5.91 Å². The van der Waals surface area contributed by atoms with Crippen molar-refractivity contribution in [2.24, 2.45) is 5.73 Å². The molecule has 0 aliphatic carbocycles. The fraction of sp³-hybridized carbons (Fsp3) is 0.300. The number of fused-ring (bicyclic) bond motifs is 1. The van der Waals surface area contributed by atoms with Gasteiger partial charge < -0.3 is 15.2 Å². The number of primary amides is 1. The molecule has 2 N–H and O–H groups in total. The fourth-order valence-electron chi connectivity index (χ4n) is 3.68. The number of amides is 1. The monoisotopic (exact) mass is 362 g/mol. The number of aromatic nitrogens is 4. The van der Waals surface area contributed by atoms with E-state index in [0.717, 1.165) is 54.0 Å². The van der Waals surface area contributed by atoms with Crippen molar-refractivity contribution in [3.8, 4) is 11.4 Å². The third kappa shape index (κ3) is 3.59. The van der Waals surface area contributed by atoms with E-state index in [9.17, 15) is 4.79 Å². The van der Waals surface area contributed by atoms with Gasteiger partial charge in [0.1, 0.15) is 11.3 Å². The van der Waals surface area contributed by atoms with Crippen molar-refractivity contribution in [2.45, 2.75) is 18.9 Å². The SMILES string of the molecule is CN1CCCC(n2c(-c3cncc(/C=C/C(N)=O)c3)nc3cccnc32)C1. The zero-order valence-electron chi connectivity index (χ0n) is 15.2. The molecule has 138 valence electrons. The maximum Gasteiger partial charge on any atom is 0.241 e. The van der Waals surface area contributed by atoms with Crippen LogP contribution in [0.4, 0.5) is 0 Å². The van der Waals surface area contributed by atoms with Crippen LogP contribution in [0, 0.1) is 0 Å². The Labute approximate surface area is 157 Å². The number of pyridine rings is 2. The van der Waals surface area contributed by atoms with E-state index in [2.05, 4.69) is 26.5 Å². The molecule has 1 aliphatic heterocycles. The van der Waals surface area contributed by atoms with E-state index in [4.69, 9.17) is 10.7 Å². The predicted molar refractivity (Wildman–Crippen MR) is 105 cm³/mol. The van der Waals surface area contributed by atoms with E-state index in [1.54, 1.807) is 24.7 Å². The van der Waals surface area contributed by atoms with Crippen LogP contribution in [0.1, 0.15) is 24.4 Å². The molecule has 1 saturated heterocycles. The third-order valence-corrected chi connectivity index (χ3v) is 4.87. The van der Waals surface area contributed by atoms with Crippen LogP contribution in [0.25, 0.3) is 28.6 Å². The summed E-state index contributed by atoms with van der Waals surface area (Å²) in [4.78, 5) is 27.1. The Morgan fingerprint density at radius 3 is 3.07 bits per heavy atom. The summed E-state index contributed by atoms with van der Waals surface area (Å²) in [5.41, 5.74) is 8.67. The molecule has 7 nitrogen and oxygen atoms in total. The van der Waals surface area contributed by atoms with Gasteiger partial charge in [0, 0.05) is 42.8 Å². The molecule has 0 radical (unpaired) electrons. The maximum atomic E-state index is 11.0. The molecule has 1 atom stereocenters. The van der Waals surface area contributed by atoms with E-state index >= 15 is 0 Å². The minimum atomic E-state index is -0.484. The zero-order valence-corrected chi connectivity index (χ0v) is 15.2. The average Bonchev–Trinajstić information content (AvgIpc) is 3.06. The van der Waals surface area contributed by atoms with E-state index in [-0.39, 0.29) is 0 Å². The molecule has 27 heavy (non-hydrogen) atoms. The van der Waals surface area contributed by atoms with Crippen LogP contribution in [0.3, 0.4) is 0 Å². The van der Waals surface area contributed by atoms with Gasteiger partial charge in [-0.1, -0.05) is 0 Å². The van der Waals surface area contributed by atoms with Crippen molar-refractivity contribution >= 4 is 23.1 Å². The van der Waals surface area contributed by atoms with Crippen LogP contribution < -0.4 is 5.73 Å². The Bertz CT molecular complexity index is 1010. The first-order chi connectivity index (χ1) is 13.1. The average molecular weight is 362 g/mol. The summed E-state index contributed by atoms with van der Waals surface area (Å²) in [6.07, 6.45) is 10.5. The molecule has 1 aliphatic rings. The number of imidazole rings is 1. The molecule has 1 amide bonds. The van der Waals surface area contributed by atoms with Gasteiger partial charge in [0.2, 0.25) is 5.91 Å². The summed E-state index contributed by atoms with van der Waals surface area (Å²) >= 11 is 0. The summed E-state index contributed by atoms with van der Waals surface area (Å²) in [6, 6.07) is 6.17. The van der Waals surface area contributed by atoms with Crippen molar-refractivity contribution in [3.05, 3.63) is 48.4 Å². The molecule has 0 spiro atoms. The maximum absolute atomic E-state index is 11.0. The number of nitrogens with two attached hydrogens (primary N) is 1. The first kappa shape index (κ1) is 17.4. The van der Waals surface area contributed by atoms with Gasteiger partial charge in [-0.05, 0) is 56.3 Å². The van der Waals surface area contributed by atoms with Crippen LogP contribution in [0.5, 0.6) is 0 Å². The second kappa shape index (κ2) is 7.28. The highest BCUT2D eigenvalue weighted by Crippen LogP contribution is 2.31. The van der Waals surface area contributed by atoms with Crippen molar-refractivity contribution in [1.29, 1.82) is 0 Å². The fourth-order valence-corrected chi connectivity index (χ4v) is 3.68. The van der Waals surface area contributed by atoms with Crippen molar-refractivity contribution in [2.75, 3.05) is 20.1 Å². The zero-order chi connectivity index (χ0) is 18.8. The van der Waals surface area contributed by atoms with Crippen LogP contribution in [0.15, 0.2) is 42.9 Å². The number of carbonyl (C=O) groups excluding carboxylic acids is 1. The molecule has 0 aromatic carbocycles. The molecule has 4 heterocycles. The molecule has 1 fully saturated rings. The highest BCUT2D eigenvalue weighted by atomic mass is 16.1. The van der Waals surface area contributed by atoms with Crippen LogP contribution in [-0.2, 0) is 4.79 Å². The normalized spacial score (nSPS) is 18.3. The number of carbonyl (C=O) groups is 1. The van der Waals surface area contributed by atoms with Gasteiger partial charge >= 0.3 is 0 Å². The molecule has 7 heteroatoms. The van der Waals surface area contributed by atoms with E-state index in [0.29, 0.717) is 6.04 Å². The summed E-state index contributed by atoms with van der Waals surface area (Å²) in [7, 11) is 2.15. The second-order valence-electron chi connectivity index (χ2n) is 6.95. The van der Waals surface area contributed by atoms with Crippen molar-refractivity contribution < 1.29 is 4.79 Å². The predicted octanol–water partition coefficient (Wildman–Crippen LogP) is 2.26. The molecule has 3 aromatic rings. The molecule has 3 aromatic heterocycles. The van der Waals surface area contributed by atoms with E-state index in [1.807, 2.05) is 18.2 Å². The molecule has 4 rings (SSSR count). The molecule has 1 unspecified atom stereocenters. The number of likely N-dealkylation sites (tertiary alicyclic amines) is 1. The minimum absolute atomic E-state index is 0.309.